The Balaban J connectivity index is 1.63. The number of rotatable bonds is 6. The van der Waals surface area contributed by atoms with Gasteiger partial charge in [-0.1, -0.05) is 24.3 Å². The molecule has 0 saturated carbocycles. The van der Waals surface area contributed by atoms with Crippen molar-refractivity contribution in [1.82, 2.24) is 0 Å². The highest BCUT2D eigenvalue weighted by Gasteiger charge is 2.24. The van der Waals surface area contributed by atoms with Crippen molar-refractivity contribution < 1.29 is 9.72 Å². The Kier molecular flexibility index (Phi) is 5.36. The monoisotopic (exact) mass is 354 g/mol. The first-order valence-electron chi connectivity index (χ1n) is 8.65. The lowest BCUT2D eigenvalue weighted by atomic mass is 9.97. The molecule has 2 aromatic carbocycles. The quantitative estimate of drug-likeness (QED) is 0.613. The predicted molar refractivity (Wildman–Crippen MR) is 101 cm³/mol. The summed E-state index contributed by atoms with van der Waals surface area (Å²) in [5, 5.41) is 14.2. The molecule has 1 amide bonds. The Morgan fingerprint density at radius 3 is 2.65 bits per heavy atom. The third-order valence-corrected chi connectivity index (χ3v) is 4.71. The van der Waals surface area contributed by atoms with E-state index in [1.165, 1.54) is 6.07 Å². The zero-order valence-corrected chi connectivity index (χ0v) is 14.4. The lowest BCUT2D eigenvalue weighted by Crippen LogP contribution is -2.41. The Hall–Kier alpha value is -3.09. The molecule has 0 aromatic heterocycles. The summed E-state index contributed by atoms with van der Waals surface area (Å²) in [6.07, 6.45) is 1.80. The van der Waals surface area contributed by atoms with Crippen molar-refractivity contribution in [1.29, 1.82) is 0 Å². The minimum absolute atomic E-state index is 0.0648. The van der Waals surface area contributed by atoms with Gasteiger partial charge in [-0.25, -0.2) is 0 Å². The number of hydrogen-bond acceptors (Lipinski definition) is 5. The number of nitro groups is 1. The molecule has 1 heterocycles. The molecule has 3 rings (SSSR count). The van der Waals surface area contributed by atoms with Crippen LogP contribution in [0.4, 0.5) is 17.1 Å². The summed E-state index contributed by atoms with van der Waals surface area (Å²) in [5.41, 5.74) is 8.09. The molecule has 1 aliphatic heterocycles. The minimum Gasteiger partial charge on any atom is -0.375 e. The van der Waals surface area contributed by atoms with Crippen LogP contribution in [0.1, 0.15) is 18.4 Å². The Morgan fingerprint density at radius 1 is 1.23 bits per heavy atom. The fourth-order valence-electron chi connectivity index (χ4n) is 3.25. The highest BCUT2D eigenvalue weighted by atomic mass is 16.6. The minimum atomic E-state index is -0.392. The van der Waals surface area contributed by atoms with Gasteiger partial charge in [0.1, 0.15) is 5.69 Å². The van der Waals surface area contributed by atoms with Gasteiger partial charge in [0.2, 0.25) is 5.91 Å². The Bertz CT molecular complexity index is 792. The number of nitro benzene ring substituents is 1. The summed E-state index contributed by atoms with van der Waals surface area (Å²) in [6.45, 7) is 2.07. The molecule has 1 aliphatic rings. The lowest BCUT2D eigenvalue weighted by Gasteiger charge is -2.33. The first-order chi connectivity index (χ1) is 12.5. The second-order valence-corrected chi connectivity index (χ2v) is 6.48. The third kappa shape index (κ3) is 4.11. The lowest BCUT2D eigenvalue weighted by molar-refractivity contribution is -0.384. The van der Waals surface area contributed by atoms with Gasteiger partial charge < -0.3 is 16.0 Å². The molecule has 1 saturated heterocycles. The SMILES string of the molecule is NC(=O)[C@H]1CCCN(c2ccc(CNc3ccccc3[N+](=O)[O-])cc2)C1. The molecule has 0 bridgehead atoms. The van der Waals surface area contributed by atoms with Crippen LogP contribution in [-0.2, 0) is 11.3 Å². The van der Waals surface area contributed by atoms with Crippen molar-refractivity contribution in [2.75, 3.05) is 23.3 Å². The first kappa shape index (κ1) is 17.7. The van der Waals surface area contributed by atoms with Crippen molar-refractivity contribution >= 4 is 23.0 Å². The van der Waals surface area contributed by atoms with Crippen molar-refractivity contribution in [2.45, 2.75) is 19.4 Å². The molecule has 3 N–H and O–H groups in total. The van der Waals surface area contributed by atoms with E-state index in [9.17, 15) is 14.9 Å². The zero-order chi connectivity index (χ0) is 18.5. The number of primary amides is 1. The highest BCUT2D eigenvalue weighted by Crippen LogP contribution is 2.25. The molecule has 0 radical (unpaired) electrons. The van der Waals surface area contributed by atoms with Crippen LogP contribution < -0.4 is 16.0 Å². The van der Waals surface area contributed by atoms with Gasteiger partial charge >= 0.3 is 0 Å². The van der Waals surface area contributed by atoms with E-state index in [1.807, 2.05) is 24.3 Å². The van der Waals surface area contributed by atoms with E-state index in [4.69, 9.17) is 5.73 Å². The molecule has 26 heavy (non-hydrogen) atoms. The summed E-state index contributed by atoms with van der Waals surface area (Å²) < 4.78 is 0. The van der Waals surface area contributed by atoms with Crippen LogP contribution in [0.2, 0.25) is 0 Å². The topological polar surface area (TPSA) is 102 Å². The van der Waals surface area contributed by atoms with Crippen molar-refractivity contribution in [2.24, 2.45) is 11.7 Å². The molecule has 136 valence electrons. The molecular weight excluding hydrogens is 332 g/mol. The fourth-order valence-corrected chi connectivity index (χ4v) is 3.25. The molecule has 1 fully saturated rings. The van der Waals surface area contributed by atoms with Crippen LogP contribution in [0.3, 0.4) is 0 Å². The van der Waals surface area contributed by atoms with E-state index < -0.39 is 4.92 Å². The van der Waals surface area contributed by atoms with E-state index in [1.54, 1.807) is 18.2 Å². The standard InChI is InChI=1S/C19H22N4O3/c20-19(24)15-4-3-11-22(13-15)16-9-7-14(8-10-16)12-21-17-5-1-2-6-18(17)23(25)26/h1-2,5-10,15,21H,3-4,11-13H2,(H2,20,24)/t15-/m0/s1. The molecule has 0 aliphatic carbocycles. The number of para-hydroxylation sites is 2. The summed E-state index contributed by atoms with van der Waals surface area (Å²) in [6, 6.07) is 14.6. The molecule has 2 aromatic rings. The second-order valence-electron chi connectivity index (χ2n) is 6.48. The average Bonchev–Trinajstić information content (AvgIpc) is 2.67. The third-order valence-electron chi connectivity index (χ3n) is 4.71. The van der Waals surface area contributed by atoms with Gasteiger partial charge in [0.15, 0.2) is 0 Å². The zero-order valence-electron chi connectivity index (χ0n) is 14.4. The first-order valence-corrected chi connectivity index (χ1v) is 8.65. The van der Waals surface area contributed by atoms with E-state index in [-0.39, 0.29) is 17.5 Å². The largest absolute Gasteiger partial charge is 0.375 e. The van der Waals surface area contributed by atoms with Gasteiger partial charge in [-0.15, -0.1) is 0 Å². The molecule has 7 nitrogen and oxygen atoms in total. The summed E-state index contributed by atoms with van der Waals surface area (Å²) in [7, 11) is 0. The van der Waals surface area contributed by atoms with E-state index in [0.717, 1.165) is 30.6 Å². The van der Waals surface area contributed by atoms with Gasteiger partial charge in [-0.2, -0.15) is 0 Å². The number of hydrogen-bond donors (Lipinski definition) is 2. The van der Waals surface area contributed by atoms with Crippen LogP contribution in [-0.4, -0.2) is 23.9 Å². The van der Waals surface area contributed by atoms with Crippen LogP contribution in [0.25, 0.3) is 0 Å². The summed E-state index contributed by atoms with van der Waals surface area (Å²) in [5.74, 6) is -0.330. The number of nitrogens with two attached hydrogens (primary N) is 1. The van der Waals surface area contributed by atoms with Crippen LogP contribution in [0.5, 0.6) is 0 Å². The maximum Gasteiger partial charge on any atom is 0.292 e. The predicted octanol–water partition coefficient (Wildman–Crippen LogP) is 2.91. The molecular formula is C19H22N4O3. The van der Waals surface area contributed by atoms with Gasteiger partial charge in [0.05, 0.1) is 10.8 Å². The number of nitrogens with one attached hydrogen (secondary N) is 1. The summed E-state index contributed by atoms with van der Waals surface area (Å²) >= 11 is 0. The smallest absolute Gasteiger partial charge is 0.292 e. The maximum atomic E-state index is 11.4. The van der Waals surface area contributed by atoms with E-state index >= 15 is 0 Å². The molecule has 1 atom stereocenters. The van der Waals surface area contributed by atoms with Crippen LogP contribution in [0.15, 0.2) is 48.5 Å². The number of carbonyl (C=O) groups is 1. The number of piperidine rings is 1. The molecule has 0 unspecified atom stereocenters. The van der Waals surface area contributed by atoms with E-state index in [2.05, 4.69) is 10.2 Å². The van der Waals surface area contributed by atoms with Crippen LogP contribution in [0, 0.1) is 16.0 Å². The number of nitrogens with zero attached hydrogens (tertiary/aromatic N) is 2. The van der Waals surface area contributed by atoms with Gasteiger partial charge in [-0.3, -0.25) is 14.9 Å². The molecule has 7 heteroatoms. The van der Waals surface area contributed by atoms with Crippen LogP contribution >= 0.6 is 0 Å². The number of amides is 1. The second kappa shape index (κ2) is 7.86. The highest BCUT2D eigenvalue weighted by molar-refractivity contribution is 5.77. The Morgan fingerprint density at radius 2 is 1.96 bits per heavy atom. The van der Waals surface area contributed by atoms with Crippen molar-refractivity contribution in [3.63, 3.8) is 0 Å². The van der Waals surface area contributed by atoms with Gasteiger partial charge in [-0.05, 0) is 36.6 Å². The average molecular weight is 354 g/mol. The summed E-state index contributed by atoms with van der Waals surface area (Å²) in [4.78, 5) is 24.3. The normalized spacial score (nSPS) is 16.9. The van der Waals surface area contributed by atoms with Crippen molar-refractivity contribution in [3.05, 3.63) is 64.2 Å². The van der Waals surface area contributed by atoms with Crippen molar-refractivity contribution in [3.8, 4) is 0 Å². The number of anilines is 2. The maximum absolute atomic E-state index is 11.4. The van der Waals surface area contributed by atoms with E-state index in [0.29, 0.717) is 18.8 Å². The van der Waals surface area contributed by atoms with Gasteiger partial charge in [0.25, 0.3) is 5.69 Å². The number of benzene rings is 2. The van der Waals surface area contributed by atoms with Gasteiger partial charge in [0, 0.05) is 31.4 Å². The Labute approximate surface area is 152 Å². The number of carbonyl (C=O) groups excluding carboxylic acids is 1. The molecule has 0 spiro atoms. The fraction of sp³-hybridized carbons (Fsp3) is 0.316.